The minimum Gasteiger partial charge on any atom is -0.309 e. The molecule has 1 heterocycles. The van der Waals surface area contributed by atoms with Gasteiger partial charge in [0.15, 0.2) is 0 Å². The lowest BCUT2D eigenvalue weighted by atomic mass is 9.70. The molecule has 3 rings (SSSR count). The first-order chi connectivity index (χ1) is 8.68. The summed E-state index contributed by atoms with van der Waals surface area (Å²) in [5.41, 5.74) is 1.65. The van der Waals surface area contributed by atoms with Gasteiger partial charge in [0.1, 0.15) is 5.82 Å². The van der Waals surface area contributed by atoms with Crippen LogP contribution in [0, 0.1) is 11.2 Å². The highest BCUT2D eigenvalue weighted by atomic mass is 32.2. The average Bonchev–Trinajstić information content (AvgIpc) is 2.35. The highest BCUT2D eigenvalue weighted by molar-refractivity contribution is 7.99. The summed E-state index contributed by atoms with van der Waals surface area (Å²) in [6.45, 7) is 3.42. The zero-order chi connectivity index (χ0) is 12.6. The van der Waals surface area contributed by atoms with Gasteiger partial charge in [0.25, 0.3) is 0 Å². The van der Waals surface area contributed by atoms with Crippen LogP contribution in [0.3, 0.4) is 0 Å². The van der Waals surface area contributed by atoms with Gasteiger partial charge in [-0.3, -0.25) is 0 Å². The van der Waals surface area contributed by atoms with Crippen molar-refractivity contribution in [3.63, 3.8) is 0 Å². The van der Waals surface area contributed by atoms with Gasteiger partial charge >= 0.3 is 0 Å². The molecule has 1 N–H and O–H groups in total. The number of halogens is 1. The summed E-state index contributed by atoms with van der Waals surface area (Å²) in [5, 5.41) is 3.67. The van der Waals surface area contributed by atoms with Gasteiger partial charge in [-0.2, -0.15) is 0 Å². The lowest BCUT2D eigenvalue weighted by Gasteiger charge is -2.40. The highest BCUT2D eigenvalue weighted by Crippen LogP contribution is 2.42. The van der Waals surface area contributed by atoms with E-state index in [1.54, 1.807) is 17.8 Å². The van der Waals surface area contributed by atoms with Crippen molar-refractivity contribution in [2.75, 3.05) is 12.3 Å². The topological polar surface area (TPSA) is 12.0 Å². The number of hydrogen-bond acceptors (Lipinski definition) is 2. The summed E-state index contributed by atoms with van der Waals surface area (Å²) in [7, 11) is 0. The zero-order valence-electron chi connectivity index (χ0n) is 10.8. The second-order valence-electron chi connectivity index (χ2n) is 5.89. The molecule has 1 aliphatic carbocycles. The molecule has 3 heteroatoms. The lowest BCUT2D eigenvalue weighted by Crippen LogP contribution is -2.39. The summed E-state index contributed by atoms with van der Waals surface area (Å²) >= 11 is 1.66. The number of nitrogens with one attached hydrogen (secondary N) is 1. The quantitative estimate of drug-likeness (QED) is 0.881. The van der Waals surface area contributed by atoms with Crippen LogP contribution in [0.4, 0.5) is 4.39 Å². The van der Waals surface area contributed by atoms with Gasteiger partial charge in [-0.15, -0.1) is 11.8 Å². The van der Waals surface area contributed by atoms with Crippen molar-refractivity contribution in [3.05, 3.63) is 29.6 Å². The maximum absolute atomic E-state index is 13.7. The molecule has 0 saturated heterocycles. The molecule has 1 atom stereocenters. The van der Waals surface area contributed by atoms with Crippen LogP contribution in [-0.4, -0.2) is 12.3 Å². The van der Waals surface area contributed by atoms with Crippen LogP contribution in [0.5, 0.6) is 0 Å². The standard InChI is InChI=1S/C15H20FNS/c1-15(7-3-8-15)10-17-13-6-9-18-14-11(13)4-2-5-12(14)16/h2,4-5,13,17H,3,6-10H2,1H3. The Hall–Kier alpha value is -0.540. The molecule has 1 unspecified atom stereocenters. The number of hydrogen-bond donors (Lipinski definition) is 1. The molecule has 1 nitrogen and oxygen atoms in total. The number of thioether (sulfide) groups is 1. The van der Waals surface area contributed by atoms with Gasteiger partial charge < -0.3 is 5.32 Å². The van der Waals surface area contributed by atoms with E-state index >= 15 is 0 Å². The van der Waals surface area contributed by atoms with Crippen molar-refractivity contribution < 1.29 is 4.39 Å². The van der Waals surface area contributed by atoms with Crippen molar-refractivity contribution in [3.8, 4) is 0 Å². The van der Waals surface area contributed by atoms with Gasteiger partial charge in [-0.25, -0.2) is 4.39 Å². The van der Waals surface area contributed by atoms with Gasteiger partial charge in [-0.05, 0) is 42.1 Å². The van der Waals surface area contributed by atoms with Crippen LogP contribution >= 0.6 is 11.8 Å². The fourth-order valence-corrected chi connectivity index (χ4v) is 4.07. The molecule has 0 amide bonds. The molecule has 0 spiro atoms. The van der Waals surface area contributed by atoms with E-state index in [9.17, 15) is 4.39 Å². The number of benzene rings is 1. The smallest absolute Gasteiger partial charge is 0.137 e. The molecular formula is C15H20FNS. The van der Waals surface area contributed by atoms with Crippen LogP contribution < -0.4 is 5.32 Å². The van der Waals surface area contributed by atoms with E-state index in [2.05, 4.69) is 18.3 Å². The van der Waals surface area contributed by atoms with E-state index in [1.165, 1.54) is 19.3 Å². The molecule has 1 fully saturated rings. The van der Waals surface area contributed by atoms with Crippen LogP contribution in [-0.2, 0) is 0 Å². The molecule has 1 saturated carbocycles. The monoisotopic (exact) mass is 265 g/mol. The molecule has 0 bridgehead atoms. The van der Waals surface area contributed by atoms with E-state index in [0.29, 0.717) is 11.5 Å². The second kappa shape index (κ2) is 4.86. The van der Waals surface area contributed by atoms with Crippen LogP contribution in [0.1, 0.15) is 44.2 Å². The lowest BCUT2D eigenvalue weighted by molar-refractivity contribution is 0.150. The molecule has 18 heavy (non-hydrogen) atoms. The maximum atomic E-state index is 13.7. The predicted molar refractivity (Wildman–Crippen MR) is 74.4 cm³/mol. The molecule has 0 aromatic heterocycles. The predicted octanol–water partition coefficient (Wildman–Crippen LogP) is 4.14. The SMILES string of the molecule is CC1(CNC2CCSc3c(F)cccc32)CCC1. The fraction of sp³-hybridized carbons (Fsp3) is 0.600. The molecule has 1 aliphatic heterocycles. The van der Waals surface area contributed by atoms with Crippen molar-refractivity contribution in [1.82, 2.24) is 5.32 Å². The molecule has 2 aliphatic rings. The summed E-state index contributed by atoms with van der Waals surface area (Å²) in [6.07, 6.45) is 5.13. The van der Waals surface area contributed by atoms with Crippen molar-refractivity contribution >= 4 is 11.8 Å². The van der Waals surface area contributed by atoms with Crippen molar-refractivity contribution in [2.45, 2.75) is 43.5 Å². The Labute approximate surface area is 113 Å². The first kappa shape index (κ1) is 12.5. The third-order valence-electron chi connectivity index (χ3n) is 4.36. The number of rotatable bonds is 3. The first-order valence-corrected chi connectivity index (χ1v) is 7.81. The molecule has 1 aromatic rings. The average molecular weight is 265 g/mol. The summed E-state index contributed by atoms with van der Waals surface area (Å²) < 4.78 is 13.7. The van der Waals surface area contributed by atoms with Gasteiger partial charge in [-0.1, -0.05) is 25.5 Å². The van der Waals surface area contributed by atoms with E-state index in [0.717, 1.165) is 29.2 Å². The third-order valence-corrected chi connectivity index (χ3v) is 5.52. The summed E-state index contributed by atoms with van der Waals surface area (Å²) in [6, 6.07) is 5.82. The second-order valence-corrected chi connectivity index (χ2v) is 7.00. The largest absolute Gasteiger partial charge is 0.309 e. The molecule has 1 aromatic carbocycles. The van der Waals surface area contributed by atoms with Crippen LogP contribution in [0.25, 0.3) is 0 Å². The first-order valence-electron chi connectivity index (χ1n) is 6.83. The summed E-state index contributed by atoms with van der Waals surface area (Å²) in [5.74, 6) is 0.960. The van der Waals surface area contributed by atoms with Gasteiger partial charge in [0.05, 0.1) is 0 Å². The molecular weight excluding hydrogens is 245 g/mol. The molecule has 98 valence electrons. The third kappa shape index (κ3) is 2.30. The van der Waals surface area contributed by atoms with E-state index in [-0.39, 0.29) is 5.82 Å². The Morgan fingerprint density at radius 2 is 2.28 bits per heavy atom. The number of fused-ring (bicyclic) bond motifs is 1. The Morgan fingerprint density at radius 1 is 1.44 bits per heavy atom. The highest BCUT2D eigenvalue weighted by Gasteiger charge is 2.33. The van der Waals surface area contributed by atoms with E-state index in [1.807, 2.05) is 6.07 Å². The Bertz CT molecular complexity index is 442. The minimum absolute atomic E-state index is 0.0566. The molecule has 0 radical (unpaired) electrons. The van der Waals surface area contributed by atoms with Crippen LogP contribution in [0.2, 0.25) is 0 Å². The van der Waals surface area contributed by atoms with E-state index < -0.39 is 0 Å². The van der Waals surface area contributed by atoms with Crippen molar-refractivity contribution in [1.29, 1.82) is 0 Å². The summed E-state index contributed by atoms with van der Waals surface area (Å²) in [4.78, 5) is 0.861. The van der Waals surface area contributed by atoms with Crippen molar-refractivity contribution in [2.24, 2.45) is 5.41 Å². The normalized spacial score (nSPS) is 25.3. The van der Waals surface area contributed by atoms with Gasteiger partial charge in [0, 0.05) is 17.5 Å². The van der Waals surface area contributed by atoms with Crippen LogP contribution in [0.15, 0.2) is 23.1 Å². The maximum Gasteiger partial charge on any atom is 0.137 e. The fourth-order valence-electron chi connectivity index (χ4n) is 2.93. The minimum atomic E-state index is -0.0566. The van der Waals surface area contributed by atoms with Gasteiger partial charge in [0.2, 0.25) is 0 Å². The Morgan fingerprint density at radius 3 is 3.00 bits per heavy atom. The Balaban J connectivity index is 1.73. The zero-order valence-corrected chi connectivity index (χ0v) is 11.7. The Kier molecular flexibility index (Phi) is 3.37. The van der Waals surface area contributed by atoms with E-state index in [4.69, 9.17) is 0 Å².